The maximum atomic E-state index is 12.2. The molecular weight excluding hydrogens is 512 g/mol. The number of hydrogen-bond acceptors (Lipinski definition) is 5. The van der Waals surface area contributed by atoms with Gasteiger partial charge < -0.3 is 24.4 Å². The average molecular weight is 554 g/mol. The quantitative estimate of drug-likeness (QED) is 0.136. The van der Waals surface area contributed by atoms with Crippen molar-refractivity contribution < 1.29 is 29.2 Å². The van der Waals surface area contributed by atoms with Gasteiger partial charge in [-0.1, -0.05) is 59.5 Å². The summed E-state index contributed by atoms with van der Waals surface area (Å²) >= 11 is 3.32. The van der Waals surface area contributed by atoms with Crippen molar-refractivity contribution in [1.82, 2.24) is 0 Å². The molecule has 0 radical (unpaired) electrons. The highest BCUT2D eigenvalue weighted by molar-refractivity contribution is 9.09. The van der Waals surface area contributed by atoms with Crippen LogP contribution in [0.25, 0.3) is 0 Å². The fourth-order valence-corrected chi connectivity index (χ4v) is 4.88. The zero-order chi connectivity index (χ0) is 25.8. The number of benzene rings is 1. The Labute approximate surface area is 218 Å². The maximum absolute atomic E-state index is 12.2. The van der Waals surface area contributed by atoms with Crippen molar-refractivity contribution in [2.24, 2.45) is 5.92 Å². The van der Waals surface area contributed by atoms with Crippen LogP contribution in [0.15, 0.2) is 29.9 Å². The number of aromatic hydroxyl groups is 1. The topological polar surface area (TPSA) is 85.2 Å². The monoisotopic (exact) mass is 552 g/mol. The molecule has 2 unspecified atom stereocenters. The third-order valence-corrected chi connectivity index (χ3v) is 6.76. The zero-order valence-corrected chi connectivity index (χ0v) is 23.0. The van der Waals surface area contributed by atoms with Gasteiger partial charge in [0.15, 0.2) is 0 Å². The normalized spacial score (nSPS) is 17.8. The summed E-state index contributed by atoms with van der Waals surface area (Å²) in [7, 11) is 0. The minimum Gasteiger partial charge on any atom is -0.507 e. The summed E-state index contributed by atoms with van der Waals surface area (Å²) < 4.78 is 17.2. The molecule has 0 saturated heterocycles. The van der Waals surface area contributed by atoms with E-state index in [-0.39, 0.29) is 23.1 Å². The average Bonchev–Trinajstić information content (AvgIpc) is 2.80. The number of ether oxygens (including phenoxy) is 3. The molecule has 7 heteroatoms. The van der Waals surface area contributed by atoms with Crippen LogP contribution in [-0.2, 0) is 15.9 Å². The fraction of sp³-hybridized carbons (Fsp3) is 0.607. The van der Waals surface area contributed by atoms with E-state index < -0.39 is 5.97 Å². The lowest BCUT2D eigenvalue weighted by atomic mass is 9.73. The summed E-state index contributed by atoms with van der Waals surface area (Å²) in [4.78, 5) is 12.2. The van der Waals surface area contributed by atoms with Crippen LogP contribution in [0.1, 0.15) is 80.3 Å². The lowest BCUT2D eigenvalue weighted by molar-refractivity contribution is 0.0412. The molecule has 0 aliphatic heterocycles. The van der Waals surface area contributed by atoms with Crippen LogP contribution in [-0.4, -0.2) is 54.5 Å². The first-order valence-corrected chi connectivity index (χ1v) is 13.7. The van der Waals surface area contributed by atoms with Gasteiger partial charge in [0.25, 0.3) is 0 Å². The van der Waals surface area contributed by atoms with E-state index in [1.54, 1.807) is 0 Å². The molecule has 6 nitrogen and oxygen atoms in total. The van der Waals surface area contributed by atoms with Crippen LogP contribution in [0.5, 0.6) is 11.5 Å². The van der Waals surface area contributed by atoms with Crippen LogP contribution < -0.4 is 4.74 Å². The fourth-order valence-electron chi connectivity index (χ4n) is 4.65. The maximum Gasteiger partial charge on any atom is 0.339 e. The number of aromatic carboxylic acids is 1. The zero-order valence-electron chi connectivity index (χ0n) is 21.4. The predicted molar refractivity (Wildman–Crippen MR) is 143 cm³/mol. The molecule has 0 bridgehead atoms. The lowest BCUT2D eigenvalue weighted by Gasteiger charge is -2.32. The molecule has 2 atom stereocenters. The predicted octanol–water partition coefficient (Wildman–Crippen LogP) is 6.65. The van der Waals surface area contributed by atoms with Gasteiger partial charge in [-0.25, -0.2) is 4.79 Å². The van der Waals surface area contributed by atoms with Gasteiger partial charge in [-0.15, -0.1) is 0 Å². The first kappa shape index (κ1) is 29.4. The SMILES string of the molecule is C=C(C)C1CCC(C)=CC1c1c(OCCOCCOCCBr)cc(CCCCC)c(C(=O)O)c1O. The molecule has 1 aromatic rings. The molecule has 2 N–H and O–H groups in total. The van der Waals surface area contributed by atoms with E-state index in [9.17, 15) is 15.0 Å². The van der Waals surface area contributed by atoms with Gasteiger partial charge in [0.2, 0.25) is 0 Å². The Morgan fingerprint density at radius 1 is 1.17 bits per heavy atom. The Morgan fingerprint density at radius 3 is 2.49 bits per heavy atom. The minimum atomic E-state index is -1.11. The molecule has 1 aliphatic carbocycles. The Morgan fingerprint density at radius 2 is 1.86 bits per heavy atom. The lowest BCUT2D eigenvalue weighted by Crippen LogP contribution is -2.20. The van der Waals surface area contributed by atoms with Gasteiger partial charge in [0, 0.05) is 16.8 Å². The summed E-state index contributed by atoms with van der Waals surface area (Å²) in [5, 5.41) is 22.2. The van der Waals surface area contributed by atoms with Crippen molar-refractivity contribution in [2.45, 2.75) is 65.2 Å². The Hall–Kier alpha value is -1.83. The van der Waals surface area contributed by atoms with Crippen LogP contribution >= 0.6 is 15.9 Å². The van der Waals surface area contributed by atoms with E-state index in [1.165, 1.54) is 5.57 Å². The number of unbranched alkanes of at least 4 members (excludes halogenated alkanes) is 2. The molecule has 1 aliphatic rings. The van der Waals surface area contributed by atoms with E-state index in [2.05, 4.69) is 42.4 Å². The summed E-state index contributed by atoms with van der Waals surface area (Å²) in [6.45, 7) is 12.6. The number of halogens is 1. The van der Waals surface area contributed by atoms with E-state index >= 15 is 0 Å². The van der Waals surface area contributed by atoms with E-state index in [1.807, 2.05) is 13.0 Å². The molecule has 0 fully saturated rings. The largest absolute Gasteiger partial charge is 0.507 e. The van der Waals surface area contributed by atoms with Crippen molar-refractivity contribution in [3.05, 3.63) is 46.6 Å². The number of hydrogen-bond donors (Lipinski definition) is 2. The van der Waals surface area contributed by atoms with Gasteiger partial charge in [-0.2, -0.15) is 0 Å². The highest BCUT2D eigenvalue weighted by Crippen LogP contribution is 2.48. The first-order valence-electron chi connectivity index (χ1n) is 12.6. The van der Waals surface area contributed by atoms with Crippen molar-refractivity contribution >= 4 is 21.9 Å². The van der Waals surface area contributed by atoms with Gasteiger partial charge >= 0.3 is 5.97 Å². The minimum absolute atomic E-state index is 0.0132. The Bertz CT molecular complexity index is 879. The van der Waals surface area contributed by atoms with Crippen molar-refractivity contribution in [2.75, 3.05) is 38.4 Å². The van der Waals surface area contributed by atoms with Gasteiger partial charge in [-0.3, -0.25) is 0 Å². The second kappa shape index (κ2) is 15.3. The van der Waals surface area contributed by atoms with Crippen LogP contribution in [0.2, 0.25) is 0 Å². The summed E-state index contributed by atoms with van der Waals surface area (Å²) in [5.41, 5.74) is 3.36. The van der Waals surface area contributed by atoms with Crippen molar-refractivity contribution in [3.63, 3.8) is 0 Å². The van der Waals surface area contributed by atoms with Gasteiger partial charge in [0.1, 0.15) is 23.7 Å². The number of aryl methyl sites for hydroxylation is 1. The molecule has 0 spiro atoms. The second-order valence-electron chi connectivity index (χ2n) is 9.23. The van der Waals surface area contributed by atoms with Crippen LogP contribution in [0, 0.1) is 5.92 Å². The third kappa shape index (κ3) is 8.65. The summed E-state index contributed by atoms with van der Waals surface area (Å²) in [6.07, 6.45) is 7.43. The van der Waals surface area contributed by atoms with E-state index in [0.717, 1.165) is 43.0 Å². The number of phenols is 1. The molecule has 2 rings (SSSR count). The molecule has 196 valence electrons. The molecule has 35 heavy (non-hydrogen) atoms. The molecule has 0 heterocycles. The highest BCUT2D eigenvalue weighted by Gasteiger charge is 2.33. The van der Waals surface area contributed by atoms with Crippen LogP contribution in [0.4, 0.5) is 0 Å². The second-order valence-corrected chi connectivity index (χ2v) is 10.0. The molecule has 0 amide bonds. The summed E-state index contributed by atoms with van der Waals surface area (Å²) in [6, 6.07) is 1.82. The smallest absolute Gasteiger partial charge is 0.339 e. The molecule has 1 aromatic carbocycles. The van der Waals surface area contributed by atoms with Crippen molar-refractivity contribution in [3.8, 4) is 11.5 Å². The van der Waals surface area contributed by atoms with Gasteiger partial charge in [0.05, 0.1) is 26.4 Å². The van der Waals surface area contributed by atoms with Crippen LogP contribution in [0.3, 0.4) is 0 Å². The molecule has 0 aromatic heterocycles. The first-order chi connectivity index (χ1) is 16.8. The van der Waals surface area contributed by atoms with E-state index in [0.29, 0.717) is 56.3 Å². The standard InChI is InChI=1S/C28H41BrO6/c1-5-6-7-8-21-18-24(35-16-15-34-14-13-33-12-11-29)26(27(30)25(21)28(31)32)23-17-20(4)9-10-22(23)19(2)3/h17-18,22-23,30H,2,5-16H2,1,3-4H3,(H,31,32). The number of rotatable bonds is 16. The summed E-state index contributed by atoms with van der Waals surface area (Å²) in [5.74, 6) is -0.870. The number of carboxylic acid groups (broad SMARTS) is 1. The highest BCUT2D eigenvalue weighted by atomic mass is 79.9. The Balaban J connectivity index is 2.39. The third-order valence-electron chi connectivity index (χ3n) is 6.44. The molecule has 0 saturated carbocycles. The van der Waals surface area contributed by atoms with E-state index in [4.69, 9.17) is 14.2 Å². The van der Waals surface area contributed by atoms with Crippen molar-refractivity contribution in [1.29, 1.82) is 0 Å². The number of carbonyl (C=O) groups is 1. The molecular formula is C28H41BrO6. The number of carboxylic acids is 1. The number of allylic oxidation sites excluding steroid dienone is 3. The Kier molecular flexibility index (Phi) is 12.9. The number of alkyl halides is 1. The van der Waals surface area contributed by atoms with Gasteiger partial charge in [-0.05, 0) is 57.1 Å².